The maximum Gasteiger partial charge on any atom is 0.109 e. The highest BCUT2D eigenvalue weighted by molar-refractivity contribution is 5.05. The molecular formula is C13H23NO2. The maximum atomic E-state index is 5.78. The van der Waals surface area contributed by atoms with Crippen molar-refractivity contribution in [3.63, 3.8) is 0 Å². The van der Waals surface area contributed by atoms with Crippen molar-refractivity contribution in [2.45, 2.75) is 50.7 Å². The zero-order chi connectivity index (χ0) is 11.2. The van der Waals surface area contributed by atoms with Gasteiger partial charge in [-0.05, 0) is 51.6 Å². The van der Waals surface area contributed by atoms with Gasteiger partial charge in [-0.3, -0.25) is 0 Å². The van der Waals surface area contributed by atoms with Gasteiger partial charge in [-0.1, -0.05) is 0 Å². The van der Waals surface area contributed by atoms with Crippen LogP contribution in [0.1, 0.15) is 38.5 Å². The SMILES string of the molecule is CNC(CC1CCCCO1)C1=CCCCO1. The van der Waals surface area contributed by atoms with Crippen LogP contribution in [0.5, 0.6) is 0 Å². The molecule has 0 amide bonds. The summed E-state index contributed by atoms with van der Waals surface area (Å²) in [6, 6.07) is 0.336. The van der Waals surface area contributed by atoms with Crippen molar-refractivity contribution in [1.82, 2.24) is 5.32 Å². The van der Waals surface area contributed by atoms with Crippen molar-refractivity contribution in [2.24, 2.45) is 0 Å². The van der Waals surface area contributed by atoms with Gasteiger partial charge in [0.2, 0.25) is 0 Å². The van der Waals surface area contributed by atoms with E-state index in [1.807, 2.05) is 7.05 Å². The number of nitrogens with one attached hydrogen (secondary N) is 1. The van der Waals surface area contributed by atoms with Gasteiger partial charge in [-0.25, -0.2) is 0 Å². The van der Waals surface area contributed by atoms with Gasteiger partial charge in [-0.2, -0.15) is 0 Å². The Morgan fingerprint density at radius 3 is 2.94 bits per heavy atom. The van der Waals surface area contributed by atoms with Crippen LogP contribution < -0.4 is 5.32 Å². The Balaban J connectivity index is 1.86. The minimum Gasteiger partial charge on any atom is -0.497 e. The van der Waals surface area contributed by atoms with Crippen molar-refractivity contribution >= 4 is 0 Å². The molecule has 2 unspecified atom stereocenters. The molecule has 3 heteroatoms. The molecule has 0 spiro atoms. The van der Waals surface area contributed by atoms with E-state index >= 15 is 0 Å². The summed E-state index contributed by atoms with van der Waals surface area (Å²) in [5.41, 5.74) is 0. The van der Waals surface area contributed by atoms with Crippen molar-refractivity contribution in [3.8, 4) is 0 Å². The lowest BCUT2D eigenvalue weighted by molar-refractivity contribution is 0.00341. The van der Waals surface area contributed by atoms with Crippen molar-refractivity contribution in [3.05, 3.63) is 11.8 Å². The van der Waals surface area contributed by atoms with Crippen LogP contribution in [0.3, 0.4) is 0 Å². The predicted octanol–water partition coefficient (Wildman–Crippen LogP) is 2.23. The van der Waals surface area contributed by atoms with Gasteiger partial charge in [0.15, 0.2) is 0 Å². The zero-order valence-corrected chi connectivity index (χ0v) is 10.2. The van der Waals surface area contributed by atoms with Gasteiger partial charge in [0.25, 0.3) is 0 Å². The second-order valence-electron chi connectivity index (χ2n) is 4.66. The van der Waals surface area contributed by atoms with Crippen LogP contribution >= 0.6 is 0 Å². The first-order valence-electron chi connectivity index (χ1n) is 6.52. The number of likely N-dealkylation sites (N-methyl/N-ethyl adjacent to an activating group) is 1. The normalized spacial score (nSPS) is 28.1. The number of hydrogen-bond donors (Lipinski definition) is 1. The summed E-state index contributed by atoms with van der Waals surface area (Å²) in [5, 5.41) is 3.35. The molecule has 0 bridgehead atoms. The third-order valence-corrected chi connectivity index (χ3v) is 3.43. The third kappa shape index (κ3) is 3.22. The molecule has 0 radical (unpaired) electrons. The number of allylic oxidation sites excluding steroid dienone is 1. The van der Waals surface area contributed by atoms with E-state index in [9.17, 15) is 0 Å². The minimum absolute atomic E-state index is 0.336. The minimum atomic E-state index is 0.336. The molecule has 0 saturated carbocycles. The Labute approximate surface area is 98.2 Å². The Hall–Kier alpha value is -0.540. The average Bonchev–Trinajstić information content (AvgIpc) is 2.38. The van der Waals surface area contributed by atoms with Crippen LogP contribution in [0, 0.1) is 0 Å². The van der Waals surface area contributed by atoms with E-state index < -0.39 is 0 Å². The summed E-state index contributed by atoms with van der Waals surface area (Å²) in [6.45, 7) is 1.80. The quantitative estimate of drug-likeness (QED) is 0.796. The Morgan fingerprint density at radius 2 is 2.31 bits per heavy atom. The fourth-order valence-electron chi connectivity index (χ4n) is 2.45. The van der Waals surface area contributed by atoms with Gasteiger partial charge in [-0.15, -0.1) is 0 Å². The Bertz CT molecular complexity index is 234. The fourth-order valence-corrected chi connectivity index (χ4v) is 2.45. The molecule has 0 aromatic rings. The van der Waals surface area contributed by atoms with E-state index in [-0.39, 0.29) is 0 Å². The lowest BCUT2D eigenvalue weighted by Crippen LogP contribution is -2.35. The molecule has 2 heterocycles. The highest BCUT2D eigenvalue weighted by atomic mass is 16.5. The summed E-state index contributed by atoms with van der Waals surface area (Å²) in [6.07, 6.45) is 9.72. The molecule has 16 heavy (non-hydrogen) atoms. The smallest absolute Gasteiger partial charge is 0.109 e. The molecule has 1 N–H and O–H groups in total. The molecule has 2 atom stereocenters. The van der Waals surface area contributed by atoms with Crippen LogP contribution in [0.2, 0.25) is 0 Å². The van der Waals surface area contributed by atoms with Crippen LogP contribution in [0.15, 0.2) is 11.8 Å². The molecule has 92 valence electrons. The van der Waals surface area contributed by atoms with Gasteiger partial charge in [0, 0.05) is 6.61 Å². The van der Waals surface area contributed by atoms with E-state index in [0.717, 1.165) is 38.2 Å². The standard InChI is InChI=1S/C13H23NO2/c1-14-12(13-7-3-5-9-16-13)10-11-6-2-4-8-15-11/h7,11-12,14H,2-6,8-10H2,1H3. The van der Waals surface area contributed by atoms with Gasteiger partial charge in [0.05, 0.1) is 18.8 Å². The molecule has 1 saturated heterocycles. The van der Waals surface area contributed by atoms with Gasteiger partial charge >= 0.3 is 0 Å². The van der Waals surface area contributed by atoms with E-state index in [2.05, 4.69) is 11.4 Å². The maximum absolute atomic E-state index is 5.78. The zero-order valence-electron chi connectivity index (χ0n) is 10.2. The van der Waals surface area contributed by atoms with Crippen molar-refractivity contribution in [2.75, 3.05) is 20.3 Å². The van der Waals surface area contributed by atoms with Gasteiger partial charge in [0.1, 0.15) is 5.76 Å². The molecule has 3 nitrogen and oxygen atoms in total. The van der Waals surface area contributed by atoms with E-state index in [4.69, 9.17) is 9.47 Å². The second-order valence-corrected chi connectivity index (χ2v) is 4.66. The predicted molar refractivity (Wildman–Crippen MR) is 64.3 cm³/mol. The largest absolute Gasteiger partial charge is 0.497 e. The lowest BCUT2D eigenvalue weighted by atomic mass is 9.99. The first-order valence-corrected chi connectivity index (χ1v) is 6.52. The fraction of sp³-hybridized carbons (Fsp3) is 0.846. The van der Waals surface area contributed by atoms with E-state index in [1.54, 1.807) is 0 Å². The third-order valence-electron chi connectivity index (χ3n) is 3.43. The Kier molecular flexibility index (Phi) is 4.67. The number of ether oxygens (including phenoxy) is 2. The molecule has 2 aliphatic rings. The van der Waals surface area contributed by atoms with Crippen LogP contribution in [0.4, 0.5) is 0 Å². The number of rotatable bonds is 4. The molecule has 2 rings (SSSR count). The Morgan fingerprint density at radius 1 is 1.38 bits per heavy atom. The summed E-state index contributed by atoms with van der Waals surface area (Å²) >= 11 is 0. The molecule has 1 fully saturated rings. The van der Waals surface area contributed by atoms with Crippen LogP contribution in [-0.2, 0) is 9.47 Å². The average molecular weight is 225 g/mol. The van der Waals surface area contributed by atoms with Crippen molar-refractivity contribution < 1.29 is 9.47 Å². The van der Waals surface area contributed by atoms with E-state index in [0.29, 0.717) is 12.1 Å². The molecule has 0 aromatic heterocycles. The summed E-state index contributed by atoms with van der Waals surface area (Å²) < 4.78 is 11.5. The summed E-state index contributed by atoms with van der Waals surface area (Å²) in [5.74, 6) is 1.13. The molecule has 0 aromatic carbocycles. The first-order chi connectivity index (χ1) is 7.90. The van der Waals surface area contributed by atoms with Crippen LogP contribution in [-0.4, -0.2) is 32.4 Å². The highest BCUT2D eigenvalue weighted by Crippen LogP contribution is 2.22. The van der Waals surface area contributed by atoms with Gasteiger partial charge < -0.3 is 14.8 Å². The highest BCUT2D eigenvalue weighted by Gasteiger charge is 2.22. The van der Waals surface area contributed by atoms with Crippen molar-refractivity contribution in [1.29, 1.82) is 0 Å². The monoisotopic (exact) mass is 225 g/mol. The molecular weight excluding hydrogens is 202 g/mol. The molecule has 2 aliphatic heterocycles. The van der Waals surface area contributed by atoms with Crippen LogP contribution in [0.25, 0.3) is 0 Å². The molecule has 0 aliphatic carbocycles. The summed E-state index contributed by atoms with van der Waals surface area (Å²) in [4.78, 5) is 0. The summed E-state index contributed by atoms with van der Waals surface area (Å²) in [7, 11) is 2.01. The van der Waals surface area contributed by atoms with E-state index in [1.165, 1.54) is 19.3 Å². The second kappa shape index (κ2) is 6.26. The first kappa shape index (κ1) is 11.9. The topological polar surface area (TPSA) is 30.5 Å². The number of hydrogen-bond acceptors (Lipinski definition) is 3. The lowest BCUT2D eigenvalue weighted by Gasteiger charge is -2.29.